The average molecular weight is 285 g/mol. The van der Waals surface area contributed by atoms with Gasteiger partial charge in [-0.05, 0) is 49.9 Å². The highest BCUT2D eigenvalue weighted by Gasteiger charge is 1.84. The van der Waals surface area contributed by atoms with Crippen LogP contribution in [0.1, 0.15) is 22.3 Å². The van der Waals surface area contributed by atoms with Gasteiger partial charge in [0, 0.05) is 0 Å². The third kappa shape index (κ3) is 6.68. The fourth-order valence-corrected chi connectivity index (χ4v) is 1.33. The van der Waals surface area contributed by atoms with Crippen LogP contribution in [0.4, 0.5) is 0 Å². The van der Waals surface area contributed by atoms with Crippen molar-refractivity contribution in [1.82, 2.24) is 0 Å². The van der Waals surface area contributed by atoms with Gasteiger partial charge in [-0.15, -0.1) is 24.8 Å². The molecule has 0 aromatic heterocycles. The largest absolute Gasteiger partial charge is 0.147 e. The Kier molecular flexibility index (Phi) is 10.7. The number of halogens is 2. The second-order valence-corrected chi connectivity index (χ2v) is 4.17. The Hall–Kier alpha value is -0.980. The molecule has 18 heavy (non-hydrogen) atoms. The molecule has 0 aliphatic heterocycles. The maximum absolute atomic E-state index is 2.12. The number of aryl methyl sites for hydroxylation is 4. The van der Waals surface area contributed by atoms with Crippen LogP contribution >= 0.6 is 24.8 Å². The predicted molar refractivity (Wildman–Crippen MR) is 86.3 cm³/mol. The van der Waals surface area contributed by atoms with Crippen LogP contribution < -0.4 is 0 Å². The third-order valence-corrected chi connectivity index (χ3v) is 2.85. The van der Waals surface area contributed by atoms with Crippen LogP contribution in [0.15, 0.2) is 48.5 Å². The summed E-state index contributed by atoms with van der Waals surface area (Å²) in [6, 6.07) is 16.7. The van der Waals surface area contributed by atoms with E-state index >= 15 is 0 Å². The molecule has 100 valence electrons. The molecule has 0 radical (unpaired) electrons. The summed E-state index contributed by atoms with van der Waals surface area (Å²) < 4.78 is 0. The van der Waals surface area contributed by atoms with Crippen molar-refractivity contribution in [2.24, 2.45) is 0 Å². The molecule has 0 N–H and O–H groups in total. The lowest BCUT2D eigenvalue weighted by Crippen LogP contribution is -1.74. The van der Waals surface area contributed by atoms with Gasteiger partial charge in [0.25, 0.3) is 0 Å². The summed E-state index contributed by atoms with van der Waals surface area (Å²) in [6.07, 6.45) is 0. The third-order valence-electron chi connectivity index (χ3n) is 2.85. The molecule has 0 spiro atoms. The van der Waals surface area contributed by atoms with Gasteiger partial charge in [0.1, 0.15) is 0 Å². The molecule has 0 unspecified atom stereocenters. The van der Waals surface area contributed by atoms with E-state index in [1.54, 1.807) is 0 Å². The van der Waals surface area contributed by atoms with E-state index in [0.29, 0.717) is 0 Å². The molecule has 0 saturated carbocycles. The van der Waals surface area contributed by atoms with E-state index in [1.165, 1.54) is 22.3 Å². The van der Waals surface area contributed by atoms with Crippen LogP contribution in [0.3, 0.4) is 0 Å². The molecule has 0 nitrogen and oxygen atoms in total. The fraction of sp³-hybridized carbons (Fsp3) is 0.250. The molecule has 0 bridgehead atoms. The quantitative estimate of drug-likeness (QED) is 0.603. The highest BCUT2D eigenvalue weighted by Crippen LogP contribution is 2.03. The van der Waals surface area contributed by atoms with Crippen molar-refractivity contribution < 1.29 is 0 Å². The SMILES string of the molecule is Cc1ccccc1C.Cc1ccccc1C.Cl.Cl. The van der Waals surface area contributed by atoms with Gasteiger partial charge >= 0.3 is 0 Å². The number of benzene rings is 2. The molecule has 2 heteroatoms. The van der Waals surface area contributed by atoms with Gasteiger partial charge in [-0.3, -0.25) is 0 Å². The van der Waals surface area contributed by atoms with E-state index in [0.717, 1.165) is 0 Å². The highest BCUT2D eigenvalue weighted by molar-refractivity contribution is 5.85. The Morgan fingerprint density at radius 3 is 0.722 bits per heavy atom. The van der Waals surface area contributed by atoms with Crippen molar-refractivity contribution in [2.45, 2.75) is 27.7 Å². The standard InChI is InChI=1S/2C8H10.2ClH/c2*1-7-5-3-4-6-8(7)2;;/h2*3-6H,1-2H3;2*1H. The Bertz CT molecular complexity index is 365. The minimum atomic E-state index is 0. The molecule has 2 aromatic rings. The van der Waals surface area contributed by atoms with Crippen molar-refractivity contribution in [3.63, 3.8) is 0 Å². The molecule has 2 aromatic carbocycles. The lowest BCUT2D eigenvalue weighted by molar-refractivity contribution is 1.34. The smallest absolute Gasteiger partial charge is 0.0395 e. The van der Waals surface area contributed by atoms with Crippen LogP contribution in [0.5, 0.6) is 0 Å². The zero-order valence-corrected chi connectivity index (χ0v) is 13.1. The van der Waals surface area contributed by atoms with Gasteiger partial charge in [0.2, 0.25) is 0 Å². The van der Waals surface area contributed by atoms with Crippen LogP contribution in [0.25, 0.3) is 0 Å². The van der Waals surface area contributed by atoms with Crippen LogP contribution in [-0.4, -0.2) is 0 Å². The van der Waals surface area contributed by atoms with Gasteiger partial charge in [-0.2, -0.15) is 0 Å². The van der Waals surface area contributed by atoms with Gasteiger partial charge < -0.3 is 0 Å². The maximum Gasteiger partial charge on any atom is -0.0395 e. The van der Waals surface area contributed by atoms with Crippen molar-refractivity contribution >= 4 is 24.8 Å². The second kappa shape index (κ2) is 9.99. The van der Waals surface area contributed by atoms with Crippen molar-refractivity contribution in [2.75, 3.05) is 0 Å². The summed E-state index contributed by atoms with van der Waals surface area (Å²) in [5, 5.41) is 0. The Labute approximate surface area is 123 Å². The topological polar surface area (TPSA) is 0 Å². The summed E-state index contributed by atoms with van der Waals surface area (Å²) in [7, 11) is 0. The van der Waals surface area contributed by atoms with Crippen molar-refractivity contribution in [1.29, 1.82) is 0 Å². The summed E-state index contributed by atoms with van der Waals surface area (Å²) in [5.41, 5.74) is 5.47. The Morgan fingerprint density at radius 2 is 0.611 bits per heavy atom. The van der Waals surface area contributed by atoms with E-state index in [9.17, 15) is 0 Å². The van der Waals surface area contributed by atoms with Gasteiger partial charge in [0.15, 0.2) is 0 Å². The van der Waals surface area contributed by atoms with Gasteiger partial charge in [-0.1, -0.05) is 48.5 Å². The summed E-state index contributed by atoms with van der Waals surface area (Å²) in [4.78, 5) is 0. The summed E-state index contributed by atoms with van der Waals surface area (Å²) in [6.45, 7) is 8.48. The van der Waals surface area contributed by atoms with Gasteiger partial charge in [0.05, 0.1) is 0 Å². The molecule has 0 saturated heterocycles. The maximum atomic E-state index is 2.12. The molecular weight excluding hydrogens is 263 g/mol. The lowest BCUT2D eigenvalue weighted by atomic mass is 10.1. The molecule has 0 heterocycles. The van der Waals surface area contributed by atoms with E-state index < -0.39 is 0 Å². The zero-order chi connectivity index (χ0) is 12.0. The van der Waals surface area contributed by atoms with E-state index in [-0.39, 0.29) is 24.8 Å². The molecule has 0 aliphatic rings. The Balaban J connectivity index is 0. The van der Waals surface area contributed by atoms with Crippen LogP contribution in [0, 0.1) is 27.7 Å². The predicted octanol–water partition coefficient (Wildman–Crippen LogP) is 5.45. The zero-order valence-electron chi connectivity index (χ0n) is 11.4. The first-order chi connectivity index (χ1) is 7.61. The molecule has 0 amide bonds. The first-order valence-corrected chi connectivity index (χ1v) is 5.65. The van der Waals surface area contributed by atoms with Gasteiger partial charge in [-0.25, -0.2) is 0 Å². The normalized spacial score (nSPS) is 8.22. The molecule has 2 rings (SSSR count). The minimum absolute atomic E-state index is 0. The number of hydrogen-bond acceptors (Lipinski definition) is 0. The van der Waals surface area contributed by atoms with E-state index in [1.807, 2.05) is 0 Å². The first kappa shape index (κ1) is 19.4. The number of rotatable bonds is 0. The minimum Gasteiger partial charge on any atom is -0.147 e. The molecule has 0 fully saturated rings. The van der Waals surface area contributed by atoms with Crippen LogP contribution in [-0.2, 0) is 0 Å². The van der Waals surface area contributed by atoms with Crippen molar-refractivity contribution in [3.8, 4) is 0 Å². The van der Waals surface area contributed by atoms with Crippen LogP contribution in [0.2, 0.25) is 0 Å². The highest BCUT2D eigenvalue weighted by atomic mass is 35.5. The Morgan fingerprint density at radius 1 is 0.444 bits per heavy atom. The van der Waals surface area contributed by atoms with E-state index in [4.69, 9.17) is 0 Å². The second-order valence-electron chi connectivity index (χ2n) is 4.17. The average Bonchev–Trinajstić information content (AvgIpc) is 2.28. The monoisotopic (exact) mass is 284 g/mol. The molecule has 0 atom stereocenters. The molecule has 0 aliphatic carbocycles. The summed E-state index contributed by atoms with van der Waals surface area (Å²) in [5.74, 6) is 0. The summed E-state index contributed by atoms with van der Waals surface area (Å²) >= 11 is 0. The van der Waals surface area contributed by atoms with E-state index in [2.05, 4.69) is 76.2 Å². The number of hydrogen-bond donors (Lipinski definition) is 0. The van der Waals surface area contributed by atoms with Crippen molar-refractivity contribution in [3.05, 3.63) is 70.8 Å². The molecular formula is C16H22Cl2. The fourth-order valence-electron chi connectivity index (χ4n) is 1.33. The first-order valence-electron chi connectivity index (χ1n) is 5.65. The lowest BCUT2D eigenvalue weighted by Gasteiger charge is -1.93.